The van der Waals surface area contributed by atoms with Gasteiger partial charge in [0.15, 0.2) is 0 Å². The first-order valence-electron chi connectivity index (χ1n) is 9.36. The summed E-state index contributed by atoms with van der Waals surface area (Å²) in [5.41, 5.74) is 6.25. The van der Waals surface area contributed by atoms with Crippen LogP contribution in [0.2, 0.25) is 0 Å². The number of hydrogen-bond acceptors (Lipinski definition) is 3. The Bertz CT molecular complexity index is 1110. The second-order valence-corrected chi connectivity index (χ2v) is 7.99. The zero-order chi connectivity index (χ0) is 19.8. The van der Waals surface area contributed by atoms with Gasteiger partial charge in [0, 0.05) is 31.0 Å². The number of benzene rings is 2. The predicted octanol–water partition coefficient (Wildman–Crippen LogP) is 4.72. The van der Waals surface area contributed by atoms with Crippen LogP contribution in [0.15, 0.2) is 59.8 Å². The van der Waals surface area contributed by atoms with E-state index in [1.54, 1.807) is 0 Å². The first-order chi connectivity index (χ1) is 13.4. The molecule has 0 amide bonds. The Kier molecular flexibility index (Phi) is 3.01. The Morgan fingerprint density at radius 2 is 1.32 bits per heavy atom. The molecular weight excluding hydrogens is 344 g/mol. The maximum absolute atomic E-state index is 10.2. The highest BCUT2D eigenvalue weighted by molar-refractivity contribution is 6.08. The lowest BCUT2D eigenvalue weighted by Gasteiger charge is -2.54. The molecule has 3 aliphatic rings. The molecule has 1 aliphatic carbocycles. The SMILES string of the molecule is [C-]#[N+]C1=C2c3ccccc3N(C)C2(C)C2(C)C(=C1C#N)c1ccccc1N2C. The molecule has 4 heteroatoms. The molecule has 0 aromatic heterocycles. The summed E-state index contributed by atoms with van der Waals surface area (Å²) < 4.78 is 0. The smallest absolute Gasteiger partial charge is 0.211 e. The van der Waals surface area contributed by atoms with Crippen LogP contribution in [0, 0.1) is 17.9 Å². The zero-order valence-corrected chi connectivity index (χ0v) is 16.4. The van der Waals surface area contributed by atoms with Crippen molar-refractivity contribution in [2.75, 3.05) is 23.9 Å². The number of allylic oxidation sites excluding steroid dienone is 1. The maximum Gasteiger partial charge on any atom is 0.211 e. The van der Waals surface area contributed by atoms with E-state index >= 15 is 0 Å². The Morgan fingerprint density at radius 3 is 1.82 bits per heavy atom. The molecule has 0 saturated carbocycles. The van der Waals surface area contributed by atoms with Gasteiger partial charge in [-0.05, 0) is 42.7 Å². The first kappa shape index (κ1) is 16.7. The van der Waals surface area contributed by atoms with E-state index in [4.69, 9.17) is 6.57 Å². The van der Waals surface area contributed by atoms with Gasteiger partial charge in [-0.1, -0.05) is 36.4 Å². The van der Waals surface area contributed by atoms with Gasteiger partial charge in [-0.2, -0.15) is 5.26 Å². The molecule has 0 saturated heterocycles. The second-order valence-electron chi connectivity index (χ2n) is 7.99. The van der Waals surface area contributed by atoms with E-state index in [1.165, 1.54) is 0 Å². The van der Waals surface area contributed by atoms with Crippen LogP contribution >= 0.6 is 0 Å². The van der Waals surface area contributed by atoms with Crippen molar-refractivity contribution < 1.29 is 0 Å². The van der Waals surface area contributed by atoms with Gasteiger partial charge >= 0.3 is 0 Å². The number of rotatable bonds is 0. The van der Waals surface area contributed by atoms with Crippen LogP contribution in [0.3, 0.4) is 0 Å². The summed E-state index contributed by atoms with van der Waals surface area (Å²) in [7, 11) is 4.20. The molecule has 0 radical (unpaired) electrons. The Balaban J connectivity index is 2.00. The van der Waals surface area contributed by atoms with Crippen LogP contribution in [0.1, 0.15) is 25.0 Å². The fourth-order valence-electron chi connectivity index (χ4n) is 5.64. The third kappa shape index (κ3) is 1.49. The number of likely N-dealkylation sites (N-methyl/N-ethyl adjacent to an activating group) is 2. The van der Waals surface area contributed by atoms with Gasteiger partial charge in [0.2, 0.25) is 5.70 Å². The second kappa shape index (κ2) is 5.06. The van der Waals surface area contributed by atoms with Crippen LogP contribution in [-0.2, 0) is 0 Å². The van der Waals surface area contributed by atoms with Gasteiger partial charge < -0.3 is 9.80 Å². The average molecular weight is 364 g/mol. The normalized spacial score (nSPS) is 27.1. The topological polar surface area (TPSA) is 34.6 Å². The van der Waals surface area contributed by atoms with Crippen LogP contribution in [0.5, 0.6) is 0 Å². The number of para-hydroxylation sites is 2. The monoisotopic (exact) mass is 364 g/mol. The van der Waals surface area contributed by atoms with E-state index in [2.05, 4.69) is 72.9 Å². The molecule has 136 valence electrons. The van der Waals surface area contributed by atoms with E-state index in [-0.39, 0.29) is 0 Å². The molecule has 2 heterocycles. The van der Waals surface area contributed by atoms with Gasteiger partial charge in [-0.25, -0.2) is 4.85 Å². The number of nitrogens with zero attached hydrogens (tertiary/aromatic N) is 4. The van der Waals surface area contributed by atoms with Crippen molar-refractivity contribution in [2.24, 2.45) is 0 Å². The summed E-state index contributed by atoms with van der Waals surface area (Å²) in [6, 6.07) is 18.8. The van der Waals surface area contributed by atoms with Crippen LogP contribution in [-0.4, -0.2) is 25.2 Å². The average Bonchev–Trinajstić information content (AvgIpc) is 3.10. The van der Waals surface area contributed by atoms with Crippen molar-refractivity contribution in [3.8, 4) is 6.07 Å². The Labute approximate surface area is 165 Å². The third-order valence-corrected chi connectivity index (χ3v) is 7.28. The highest BCUT2D eigenvalue weighted by Gasteiger charge is 2.64. The zero-order valence-electron chi connectivity index (χ0n) is 16.4. The number of hydrogen-bond donors (Lipinski definition) is 0. The van der Waals surface area contributed by atoms with Gasteiger partial charge in [-0.15, -0.1) is 0 Å². The quantitative estimate of drug-likeness (QED) is 0.634. The Morgan fingerprint density at radius 1 is 0.857 bits per heavy atom. The van der Waals surface area contributed by atoms with Gasteiger partial charge in [0.25, 0.3) is 0 Å². The van der Waals surface area contributed by atoms with Crippen molar-refractivity contribution in [3.05, 3.63) is 82.3 Å². The molecule has 2 aliphatic heterocycles. The predicted molar refractivity (Wildman–Crippen MR) is 113 cm³/mol. The molecular formula is C24H20N4. The summed E-state index contributed by atoms with van der Waals surface area (Å²) in [5.74, 6) is 0. The van der Waals surface area contributed by atoms with Crippen molar-refractivity contribution in [1.29, 1.82) is 5.26 Å². The fourth-order valence-corrected chi connectivity index (χ4v) is 5.64. The van der Waals surface area contributed by atoms with Crippen molar-refractivity contribution in [3.63, 3.8) is 0 Å². The molecule has 0 N–H and O–H groups in total. The summed E-state index contributed by atoms with van der Waals surface area (Å²) in [6.45, 7) is 12.4. The summed E-state index contributed by atoms with van der Waals surface area (Å²) in [5, 5.41) is 10.2. The number of anilines is 2. The van der Waals surface area contributed by atoms with E-state index in [0.29, 0.717) is 11.3 Å². The minimum Gasteiger partial charge on any atom is -0.363 e. The molecule has 2 unspecified atom stereocenters. The van der Waals surface area contributed by atoms with Crippen LogP contribution < -0.4 is 9.80 Å². The molecule has 28 heavy (non-hydrogen) atoms. The lowest BCUT2D eigenvalue weighted by molar-refractivity contribution is 0.392. The van der Waals surface area contributed by atoms with Crippen molar-refractivity contribution in [1.82, 2.24) is 0 Å². The maximum atomic E-state index is 10.2. The molecule has 5 rings (SSSR count). The molecule has 0 fully saturated rings. The minimum atomic E-state index is -0.487. The summed E-state index contributed by atoms with van der Waals surface area (Å²) in [6.07, 6.45) is 0. The van der Waals surface area contributed by atoms with Crippen molar-refractivity contribution >= 4 is 22.5 Å². The van der Waals surface area contributed by atoms with Gasteiger partial charge in [0.1, 0.15) is 0 Å². The van der Waals surface area contributed by atoms with E-state index in [9.17, 15) is 5.26 Å². The lowest BCUT2D eigenvalue weighted by atomic mass is 9.63. The van der Waals surface area contributed by atoms with E-state index in [1.807, 2.05) is 24.3 Å². The highest BCUT2D eigenvalue weighted by Crippen LogP contribution is 2.65. The summed E-state index contributed by atoms with van der Waals surface area (Å²) >= 11 is 0. The van der Waals surface area contributed by atoms with Crippen LogP contribution in [0.4, 0.5) is 11.4 Å². The van der Waals surface area contributed by atoms with Gasteiger partial charge in [-0.3, -0.25) is 0 Å². The Hall–Kier alpha value is -3.50. The molecule has 2 atom stereocenters. The standard InChI is InChI=1S/C24H20N4/c1-23-20(15-10-6-8-12-18(15)27(23)4)17(14-25)22(26-3)21-16-11-7-9-13-19(16)28(5)24(21,23)2/h6-13H,1-2,4-5H3. The largest absolute Gasteiger partial charge is 0.363 e. The number of fused-ring (bicyclic) bond motifs is 7. The lowest BCUT2D eigenvalue weighted by Crippen LogP contribution is -2.66. The molecule has 0 bridgehead atoms. The summed E-state index contributed by atoms with van der Waals surface area (Å²) in [4.78, 5) is 8.50. The van der Waals surface area contributed by atoms with E-state index < -0.39 is 11.1 Å². The van der Waals surface area contributed by atoms with E-state index in [0.717, 1.165) is 33.6 Å². The highest BCUT2D eigenvalue weighted by atomic mass is 15.3. The number of nitriles is 1. The van der Waals surface area contributed by atoms with Gasteiger partial charge in [0.05, 0.1) is 29.3 Å². The third-order valence-electron chi connectivity index (χ3n) is 7.28. The first-order valence-corrected chi connectivity index (χ1v) is 9.36. The minimum absolute atomic E-state index is 0.486. The molecule has 4 nitrogen and oxygen atoms in total. The molecule has 2 aromatic carbocycles. The van der Waals surface area contributed by atoms with Crippen molar-refractivity contribution in [2.45, 2.75) is 24.9 Å². The molecule has 2 aromatic rings. The molecule has 0 spiro atoms. The fraction of sp³-hybridized carbons (Fsp3) is 0.250. The van der Waals surface area contributed by atoms with Crippen LogP contribution in [0.25, 0.3) is 16.0 Å².